The zero-order chi connectivity index (χ0) is 14.2. The van der Waals surface area contributed by atoms with E-state index in [2.05, 4.69) is 0 Å². The molecule has 1 aromatic rings. The highest BCUT2D eigenvalue weighted by molar-refractivity contribution is 7.89. The van der Waals surface area contributed by atoms with E-state index in [0.717, 1.165) is 6.42 Å². The fourth-order valence-electron chi connectivity index (χ4n) is 2.35. The summed E-state index contributed by atoms with van der Waals surface area (Å²) in [7, 11) is -3.73. The molecule has 1 fully saturated rings. The van der Waals surface area contributed by atoms with Gasteiger partial charge in [0.15, 0.2) is 0 Å². The maximum Gasteiger partial charge on any atom is 0.244 e. The molecule has 0 bridgehead atoms. The second kappa shape index (κ2) is 5.58. The Morgan fingerprint density at radius 3 is 2.74 bits per heavy atom. The molecule has 19 heavy (non-hydrogen) atoms. The molecule has 2 unspecified atom stereocenters. The molecule has 1 heterocycles. The molecule has 7 heteroatoms. The predicted molar refractivity (Wildman–Crippen MR) is 75.0 cm³/mol. The Labute approximate surface area is 123 Å². The van der Waals surface area contributed by atoms with Crippen LogP contribution in [0.2, 0.25) is 10.0 Å². The maximum atomic E-state index is 12.6. The van der Waals surface area contributed by atoms with E-state index in [1.165, 1.54) is 10.4 Å². The highest BCUT2D eigenvalue weighted by Gasteiger charge is 2.40. The second-order valence-corrected chi connectivity index (χ2v) is 7.33. The molecule has 0 aromatic heterocycles. The Balaban J connectivity index is 2.46. The third-order valence-electron chi connectivity index (χ3n) is 3.52. The zero-order valence-corrected chi connectivity index (χ0v) is 12.7. The molecule has 4 nitrogen and oxygen atoms in total. The number of sulfonamides is 1. The number of nitrogens with zero attached hydrogens (tertiary/aromatic N) is 1. The standard InChI is InChI=1S/C12H15Cl2NO3S/c1-8-5-6-15(10(8)7-16)19(17,18)11-4-2-3-9(13)12(11)14/h2-4,8,10,16H,5-7H2,1H3. The lowest BCUT2D eigenvalue weighted by atomic mass is 10.0. The van der Waals surface area contributed by atoms with Gasteiger partial charge < -0.3 is 5.11 Å². The van der Waals surface area contributed by atoms with Gasteiger partial charge in [-0.15, -0.1) is 0 Å². The van der Waals surface area contributed by atoms with Crippen molar-refractivity contribution in [3.05, 3.63) is 28.2 Å². The summed E-state index contributed by atoms with van der Waals surface area (Å²) in [4.78, 5) is -0.00535. The number of benzene rings is 1. The van der Waals surface area contributed by atoms with Crippen LogP contribution in [0.1, 0.15) is 13.3 Å². The van der Waals surface area contributed by atoms with E-state index in [0.29, 0.717) is 6.54 Å². The van der Waals surface area contributed by atoms with Crippen molar-refractivity contribution >= 4 is 33.2 Å². The average molecular weight is 324 g/mol. The lowest BCUT2D eigenvalue weighted by Gasteiger charge is -2.25. The summed E-state index contributed by atoms with van der Waals surface area (Å²) in [5.41, 5.74) is 0. The van der Waals surface area contributed by atoms with Gasteiger partial charge in [-0.1, -0.05) is 36.2 Å². The van der Waals surface area contributed by atoms with Crippen LogP contribution in [0, 0.1) is 5.92 Å². The Morgan fingerprint density at radius 1 is 1.42 bits per heavy atom. The Kier molecular flexibility index (Phi) is 4.42. The maximum absolute atomic E-state index is 12.6. The molecule has 1 N–H and O–H groups in total. The SMILES string of the molecule is CC1CCN(S(=O)(=O)c2cccc(Cl)c2Cl)C1CO. The first-order valence-electron chi connectivity index (χ1n) is 5.96. The highest BCUT2D eigenvalue weighted by Crippen LogP contribution is 2.35. The molecule has 106 valence electrons. The van der Waals surface area contributed by atoms with Crippen LogP contribution in [0.5, 0.6) is 0 Å². The molecular formula is C12H15Cl2NO3S. The molecular weight excluding hydrogens is 309 g/mol. The summed E-state index contributed by atoms with van der Waals surface area (Å²) in [6, 6.07) is 4.12. The van der Waals surface area contributed by atoms with Gasteiger partial charge in [0, 0.05) is 6.54 Å². The first-order chi connectivity index (χ1) is 8.89. The Morgan fingerprint density at radius 2 is 2.11 bits per heavy atom. The van der Waals surface area contributed by atoms with Crippen LogP contribution in [-0.4, -0.2) is 37.0 Å². The quantitative estimate of drug-likeness (QED) is 0.929. The number of aliphatic hydroxyl groups is 1. The third-order valence-corrected chi connectivity index (χ3v) is 6.42. The summed E-state index contributed by atoms with van der Waals surface area (Å²) in [5, 5.41) is 9.61. The number of halogens is 2. The summed E-state index contributed by atoms with van der Waals surface area (Å²) >= 11 is 11.8. The van der Waals surface area contributed by atoms with Gasteiger partial charge in [-0.2, -0.15) is 4.31 Å². The van der Waals surface area contributed by atoms with Crippen molar-refractivity contribution in [1.82, 2.24) is 4.31 Å². The molecule has 1 aliphatic rings. The Bertz CT molecular complexity index is 576. The van der Waals surface area contributed by atoms with Crippen LogP contribution in [0.25, 0.3) is 0 Å². The van der Waals surface area contributed by atoms with Crippen LogP contribution in [0.15, 0.2) is 23.1 Å². The van der Waals surface area contributed by atoms with Crippen molar-refractivity contribution in [3.8, 4) is 0 Å². The van der Waals surface area contributed by atoms with Gasteiger partial charge in [0.05, 0.1) is 22.7 Å². The normalized spacial score (nSPS) is 24.8. The van der Waals surface area contributed by atoms with E-state index >= 15 is 0 Å². The van der Waals surface area contributed by atoms with Gasteiger partial charge >= 0.3 is 0 Å². The van der Waals surface area contributed by atoms with E-state index in [4.69, 9.17) is 23.2 Å². The van der Waals surface area contributed by atoms with E-state index in [1.54, 1.807) is 12.1 Å². The van der Waals surface area contributed by atoms with Gasteiger partial charge in [0.25, 0.3) is 0 Å². The fraction of sp³-hybridized carbons (Fsp3) is 0.500. The zero-order valence-electron chi connectivity index (χ0n) is 10.4. The summed E-state index contributed by atoms with van der Waals surface area (Å²) in [6.07, 6.45) is 0.725. The van der Waals surface area contributed by atoms with Crippen molar-refractivity contribution in [2.45, 2.75) is 24.3 Å². The smallest absolute Gasteiger partial charge is 0.244 e. The second-order valence-electron chi connectivity index (χ2n) is 4.68. The van der Waals surface area contributed by atoms with E-state index in [9.17, 15) is 13.5 Å². The van der Waals surface area contributed by atoms with Crippen molar-refractivity contribution in [1.29, 1.82) is 0 Å². The number of hydrogen-bond acceptors (Lipinski definition) is 3. The minimum absolute atomic E-state index is 0.00535. The highest BCUT2D eigenvalue weighted by atomic mass is 35.5. The molecule has 2 atom stereocenters. The third kappa shape index (κ3) is 2.62. The van der Waals surface area contributed by atoms with Gasteiger partial charge in [-0.25, -0.2) is 8.42 Å². The van der Waals surface area contributed by atoms with Crippen molar-refractivity contribution < 1.29 is 13.5 Å². The summed E-state index contributed by atoms with van der Waals surface area (Å²) in [6.45, 7) is 2.12. The van der Waals surface area contributed by atoms with E-state index in [-0.39, 0.29) is 27.5 Å². The van der Waals surface area contributed by atoms with Gasteiger partial charge in [0.1, 0.15) is 4.90 Å². The molecule has 0 aliphatic carbocycles. The first-order valence-corrected chi connectivity index (χ1v) is 8.16. The van der Waals surface area contributed by atoms with Crippen molar-refractivity contribution in [2.75, 3.05) is 13.2 Å². The monoisotopic (exact) mass is 323 g/mol. The minimum atomic E-state index is -3.73. The van der Waals surface area contributed by atoms with Crippen LogP contribution < -0.4 is 0 Å². The van der Waals surface area contributed by atoms with Crippen LogP contribution in [-0.2, 0) is 10.0 Å². The molecule has 1 saturated heterocycles. The number of hydrogen-bond donors (Lipinski definition) is 1. The molecule has 0 radical (unpaired) electrons. The summed E-state index contributed by atoms with van der Waals surface area (Å²) in [5.74, 6) is 0.123. The molecule has 0 saturated carbocycles. The number of aliphatic hydroxyl groups excluding tert-OH is 1. The first kappa shape index (κ1) is 15.1. The average Bonchev–Trinajstić information content (AvgIpc) is 2.74. The van der Waals surface area contributed by atoms with Crippen molar-refractivity contribution in [2.24, 2.45) is 5.92 Å². The predicted octanol–water partition coefficient (Wildman–Crippen LogP) is 2.38. The molecule has 1 aromatic carbocycles. The van der Waals surface area contributed by atoms with Crippen LogP contribution in [0.3, 0.4) is 0 Å². The minimum Gasteiger partial charge on any atom is -0.395 e. The van der Waals surface area contributed by atoms with E-state index in [1.807, 2.05) is 6.92 Å². The van der Waals surface area contributed by atoms with Gasteiger partial charge in [-0.3, -0.25) is 0 Å². The summed E-state index contributed by atoms with van der Waals surface area (Å²) < 4.78 is 26.5. The molecule has 2 rings (SSSR count). The fourth-order valence-corrected chi connectivity index (χ4v) is 4.82. The molecule has 0 spiro atoms. The van der Waals surface area contributed by atoms with E-state index < -0.39 is 16.1 Å². The largest absolute Gasteiger partial charge is 0.395 e. The van der Waals surface area contributed by atoms with Crippen molar-refractivity contribution in [3.63, 3.8) is 0 Å². The molecule has 1 aliphatic heterocycles. The van der Waals surface area contributed by atoms with Gasteiger partial charge in [0.2, 0.25) is 10.0 Å². The molecule has 0 amide bonds. The lowest BCUT2D eigenvalue weighted by molar-refractivity contribution is 0.191. The van der Waals surface area contributed by atoms with Gasteiger partial charge in [-0.05, 0) is 24.5 Å². The lowest BCUT2D eigenvalue weighted by Crippen LogP contribution is -2.39. The number of rotatable bonds is 3. The van der Waals surface area contributed by atoms with Crippen LogP contribution >= 0.6 is 23.2 Å². The topological polar surface area (TPSA) is 57.6 Å². The van der Waals surface area contributed by atoms with Crippen LogP contribution in [0.4, 0.5) is 0 Å². The Hall–Kier alpha value is -0.330.